The summed E-state index contributed by atoms with van der Waals surface area (Å²) < 4.78 is 0. The highest BCUT2D eigenvalue weighted by Crippen LogP contribution is 2.21. The van der Waals surface area contributed by atoms with E-state index in [-0.39, 0.29) is 11.4 Å². The second-order valence-corrected chi connectivity index (χ2v) is 2.95. The molecule has 15 heavy (non-hydrogen) atoms. The number of carboxylic acids is 1. The summed E-state index contributed by atoms with van der Waals surface area (Å²) in [5.74, 6) is -1.12. The second kappa shape index (κ2) is 3.41. The molecule has 0 aliphatic carbocycles. The van der Waals surface area contributed by atoms with Crippen molar-refractivity contribution in [3.8, 4) is 11.3 Å². The minimum Gasteiger partial charge on any atom is -0.476 e. The number of carbonyl (C=O) groups is 1. The molecule has 1 aromatic heterocycles. The number of carboxylic acid groups (broad SMARTS) is 1. The predicted octanol–water partition coefficient (Wildman–Crippen LogP) is 0.752. The van der Waals surface area contributed by atoms with Crippen molar-refractivity contribution in [2.24, 2.45) is 0 Å². The van der Waals surface area contributed by atoms with Gasteiger partial charge < -0.3 is 10.8 Å². The smallest absolute Gasteiger partial charge is 0.358 e. The van der Waals surface area contributed by atoms with Crippen LogP contribution >= 0.6 is 0 Å². The summed E-state index contributed by atoms with van der Waals surface area (Å²) in [6.07, 6.45) is 0. The molecule has 0 saturated heterocycles. The molecule has 1 aromatic carbocycles. The standard InChI is InChI=1S/C9H8N4O2/c10-6-3-1-2-5(4-6)7-8(9(14)15)12-13-11-7/h1-4H,10H2,(H,14,15)(H,11,12,13). The van der Waals surface area contributed by atoms with Gasteiger partial charge in [-0.05, 0) is 12.1 Å². The van der Waals surface area contributed by atoms with E-state index in [1.807, 2.05) is 0 Å². The lowest BCUT2D eigenvalue weighted by atomic mass is 10.1. The highest BCUT2D eigenvalue weighted by atomic mass is 16.4. The van der Waals surface area contributed by atoms with E-state index >= 15 is 0 Å². The number of nitrogens with one attached hydrogen (secondary N) is 1. The van der Waals surface area contributed by atoms with Crippen molar-refractivity contribution in [1.82, 2.24) is 15.4 Å². The molecule has 6 heteroatoms. The van der Waals surface area contributed by atoms with Crippen LogP contribution < -0.4 is 5.73 Å². The van der Waals surface area contributed by atoms with E-state index in [9.17, 15) is 4.79 Å². The summed E-state index contributed by atoms with van der Waals surface area (Å²) >= 11 is 0. The van der Waals surface area contributed by atoms with E-state index in [1.54, 1.807) is 24.3 Å². The molecule has 2 rings (SSSR count). The molecule has 0 unspecified atom stereocenters. The molecule has 4 N–H and O–H groups in total. The minimum absolute atomic E-state index is 0.111. The van der Waals surface area contributed by atoms with Crippen LogP contribution in [-0.2, 0) is 0 Å². The van der Waals surface area contributed by atoms with Crippen molar-refractivity contribution in [2.45, 2.75) is 0 Å². The van der Waals surface area contributed by atoms with Gasteiger partial charge in [-0.15, -0.1) is 5.10 Å². The Morgan fingerprint density at radius 1 is 1.40 bits per heavy atom. The quantitative estimate of drug-likeness (QED) is 0.626. The van der Waals surface area contributed by atoms with Crippen molar-refractivity contribution in [3.05, 3.63) is 30.0 Å². The molecule has 0 radical (unpaired) electrons. The molecule has 0 fully saturated rings. The van der Waals surface area contributed by atoms with Gasteiger partial charge in [0, 0.05) is 11.3 Å². The first-order chi connectivity index (χ1) is 7.18. The van der Waals surface area contributed by atoms with Crippen molar-refractivity contribution in [2.75, 3.05) is 5.73 Å². The van der Waals surface area contributed by atoms with Crippen molar-refractivity contribution >= 4 is 11.7 Å². The lowest BCUT2D eigenvalue weighted by Gasteiger charge is -1.98. The lowest BCUT2D eigenvalue weighted by molar-refractivity contribution is 0.0691. The number of aromatic amines is 1. The molecule has 0 amide bonds. The predicted molar refractivity (Wildman–Crippen MR) is 53.2 cm³/mol. The summed E-state index contributed by atoms with van der Waals surface area (Å²) in [6.45, 7) is 0. The molecule has 2 aromatic rings. The number of nitrogens with zero attached hydrogens (tertiary/aromatic N) is 2. The Morgan fingerprint density at radius 3 is 2.87 bits per heavy atom. The van der Waals surface area contributed by atoms with Crippen LogP contribution in [0.25, 0.3) is 11.3 Å². The Bertz CT molecular complexity index is 506. The van der Waals surface area contributed by atoms with Crippen LogP contribution in [0.15, 0.2) is 24.3 Å². The van der Waals surface area contributed by atoms with Gasteiger partial charge in [-0.25, -0.2) is 4.79 Å². The number of H-pyrrole nitrogens is 1. The molecule has 0 saturated carbocycles. The van der Waals surface area contributed by atoms with E-state index in [0.29, 0.717) is 11.3 Å². The monoisotopic (exact) mass is 204 g/mol. The molecule has 6 nitrogen and oxygen atoms in total. The van der Waals surface area contributed by atoms with Crippen molar-refractivity contribution < 1.29 is 9.90 Å². The number of hydrogen-bond acceptors (Lipinski definition) is 4. The van der Waals surface area contributed by atoms with Gasteiger partial charge in [0.25, 0.3) is 0 Å². The number of nitrogen functional groups attached to an aromatic ring is 1. The highest BCUT2D eigenvalue weighted by molar-refractivity contribution is 5.92. The average Bonchev–Trinajstić information content (AvgIpc) is 2.65. The zero-order chi connectivity index (χ0) is 10.8. The Morgan fingerprint density at radius 2 is 2.20 bits per heavy atom. The van der Waals surface area contributed by atoms with Crippen LogP contribution in [0.1, 0.15) is 10.5 Å². The number of aromatic nitrogens is 3. The molecule has 0 aliphatic heterocycles. The van der Waals surface area contributed by atoms with Crippen LogP contribution in [0.5, 0.6) is 0 Å². The van der Waals surface area contributed by atoms with Gasteiger partial charge in [-0.3, -0.25) is 0 Å². The number of aromatic carboxylic acids is 1. The maximum absolute atomic E-state index is 10.8. The average molecular weight is 204 g/mol. The van der Waals surface area contributed by atoms with E-state index < -0.39 is 5.97 Å². The van der Waals surface area contributed by atoms with Gasteiger partial charge in [-0.1, -0.05) is 12.1 Å². The fourth-order valence-electron chi connectivity index (χ4n) is 1.27. The van der Waals surface area contributed by atoms with Gasteiger partial charge in [0.2, 0.25) is 0 Å². The van der Waals surface area contributed by atoms with Crippen LogP contribution in [0.3, 0.4) is 0 Å². The zero-order valence-electron chi connectivity index (χ0n) is 7.64. The Balaban J connectivity index is 2.54. The van der Waals surface area contributed by atoms with Crippen LogP contribution in [0.2, 0.25) is 0 Å². The zero-order valence-corrected chi connectivity index (χ0v) is 7.64. The normalized spacial score (nSPS) is 10.1. The van der Waals surface area contributed by atoms with Gasteiger partial charge in [0.15, 0.2) is 5.69 Å². The third kappa shape index (κ3) is 1.64. The third-order valence-electron chi connectivity index (χ3n) is 1.91. The number of rotatable bonds is 2. The van der Waals surface area contributed by atoms with Crippen molar-refractivity contribution in [3.63, 3.8) is 0 Å². The summed E-state index contributed by atoms with van der Waals surface area (Å²) in [5.41, 5.74) is 6.94. The first-order valence-electron chi connectivity index (χ1n) is 4.18. The Hall–Kier alpha value is -2.37. The van der Waals surface area contributed by atoms with E-state index in [2.05, 4.69) is 15.4 Å². The van der Waals surface area contributed by atoms with E-state index in [0.717, 1.165) is 0 Å². The third-order valence-corrected chi connectivity index (χ3v) is 1.91. The largest absolute Gasteiger partial charge is 0.476 e. The summed E-state index contributed by atoms with van der Waals surface area (Å²) in [4.78, 5) is 10.8. The molecular formula is C9H8N4O2. The van der Waals surface area contributed by atoms with Gasteiger partial charge in [-0.2, -0.15) is 10.3 Å². The summed E-state index contributed by atoms with van der Waals surface area (Å²) in [6, 6.07) is 6.81. The summed E-state index contributed by atoms with van der Waals surface area (Å²) in [5, 5.41) is 18.4. The topological polar surface area (TPSA) is 105 Å². The molecule has 0 aliphatic rings. The minimum atomic E-state index is -1.12. The lowest BCUT2D eigenvalue weighted by Crippen LogP contribution is -1.99. The first-order valence-corrected chi connectivity index (χ1v) is 4.18. The molecule has 1 heterocycles. The van der Waals surface area contributed by atoms with Crippen LogP contribution in [-0.4, -0.2) is 26.5 Å². The second-order valence-electron chi connectivity index (χ2n) is 2.95. The maximum Gasteiger partial charge on any atom is 0.358 e. The SMILES string of the molecule is Nc1cccc(-c2n[nH]nc2C(=O)O)c1. The number of anilines is 1. The maximum atomic E-state index is 10.8. The first kappa shape index (κ1) is 9.20. The number of benzene rings is 1. The molecule has 0 atom stereocenters. The fourth-order valence-corrected chi connectivity index (χ4v) is 1.27. The summed E-state index contributed by atoms with van der Waals surface area (Å²) in [7, 11) is 0. The molecule has 76 valence electrons. The Kier molecular flexibility index (Phi) is 2.09. The fraction of sp³-hybridized carbons (Fsp3) is 0. The van der Waals surface area contributed by atoms with Gasteiger partial charge >= 0.3 is 5.97 Å². The Labute approximate surface area is 84.7 Å². The van der Waals surface area contributed by atoms with E-state index in [4.69, 9.17) is 10.8 Å². The van der Waals surface area contributed by atoms with Crippen molar-refractivity contribution in [1.29, 1.82) is 0 Å². The molecular weight excluding hydrogens is 196 g/mol. The van der Waals surface area contributed by atoms with Crippen LogP contribution in [0, 0.1) is 0 Å². The van der Waals surface area contributed by atoms with Gasteiger partial charge in [0.05, 0.1) is 0 Å². The number of nitrogens with two attached hydrogens (primary N) is 1. The number of hydrogen-bond donors (Lipinski definition) is 3. The van der Waals surface area contributed by atoms with Gasteiger partial charge in [0.1, 0.15) is 5.69 Å². The molecule has 0 bridgehead atoms. The van der Waals surface area contributed by atoms with Crippen LogP contribution in [0.4, 0.5) is 5.69 Å². The van der Waals surface area contributed by atoms with E-state index in [1.165, 1.54) is 0 Å². The molecule has 0 spiro atoms. The highest BCUT2D eigenvalue weighted by Gasteiger charge is 2.16.